The van der Waals surface area contributed by atoms with Crippen LogP contribution in [0, 0.1) is 24.7 Å². The minimum Gasteiger partial charge on any atom is -0.464 e. The monoisotopic (exact) mass is 417 g/mol. The number of rotatable bonds is 6. The molecule has 1 aromatic heterocycles. The molecule has 1 aromatic rings. The molecular weight excluding hydrogens is 389 g/mol. The summed E-state index contributed by atoms with van der Waals surface area (Å²) in [5.74, 6) is 5.56. The van der Waals surface area contributed by atoms with Gasteiger partial charge in [-0.2, -0.15) is 0 Å². The standard InChI is InChI=1S/C17H27N3O.HI/c1-11-4-9-16(21-11)12(2)20-17(18-3)19-10-15(13-5-6-13)14-7-8-14;/h4,9,12-15H,5-8,10H2,1-3H3,(H2,18,19,20);1H. The molecule has 0 amide bonds. The number of guanidine groups is 1. The molecule has 2 fully saturated rings. The van der Waals surface area contributed by atoms with Gasteiger partial charge in [-0.25, -0.2) is 0 Å². The summed E-state index contributed by atoms with van der Waals surface area (Å²) in [6.07, 6.45) is 5.71. The van der Waals surface area contributed by atoms with E-state index in [0.29, 0.717) is 0 Å². The summed E-state index contributed by atoms with van der Waals surface area (Å²) in [6.45, 7) is 5.13. The second kappa shape index (κ2) is 7.70. The molecule has 5 heteroatoms. The van der Waals surface area contributed by atoms with Crippen LogP contribution in [0.3, 0.4) is 0 Å². The molecule has 3 rings (SSSR count). The molecule has 2 N–H and O–H groups in total. The first-order chi connectivity index (χ1) is 10.2. The van der Waals surface area contributed by atoms with Crippen molar-refractivity contribution in [2.45, 2.75) is 45.6 Å². The topological polar surface area (TPSA) is 49.6 Å². The molecule has 1 unspecified atom stereocenters. The van der Waals surface area contributed by atoms with Crippen molar-refractivity contribution in [3.05, 3.63) is 23.7 Å². The Morgan fingerprint density at radius 3 is 2.36 bits per heavy atom. The Balaban J connectivity index is 0.00000176. The highest BCUT2D eigenvalue weighted by Gasteiger charge is 2.41. The zero-order chi connectivity index (χ0) is 14.8. The Morgan fingerprint density at radius 1 is 1.27 bits per heavy atom. The first kappa shape index (κ1) is 17.6. The number of aliphatic imine (C=N–C) groups is 1. The fourth-order valence-corrected chi connectivity index (χ4v) is 3.14. The number of nitrogens with zero attached hydrogens (tertiary/aromatic N) is 1. The number of nitrogens with one attached hydrogen (secondary N) is 2. The maximum atomic E-state index is 5.67. The molecule has 4 nitrogen and oxygen atoms in total. The van der Waals surface area contributed by atoms with E-state index >= 15 is 0 Å². The van der Waals surface area contributed by atoms with E-state index in [1.165, 1.54) is 25.7 Å². The minimum atomic E-state index is 0. The van der Waals surface area contributed by atoms with Crippen LogP contribution in [0.1, 0.15) is 50.2 Å². The minimum absolute atomic E-state index is 0. The molecule has 0 spiro atoms. The molecule has 22 heavy (non-hydrogen) atoms. The van der Waals surface area contributed by atoms with E-state index < -0.39 is 0 Å². The maximum absolute atomic E-state index is 5.67. The van der Waals surface area contributed by atoms with Gasteiger partial charge in [-0.3, -0.25) is 4.99 Å². The highest BCUT2D eigenvalue weighted by atomic mass is 127. The highest BCUT2D eigenvalue weighted by Crippen LogP contribution is 2.48. The van der Waals surface area contributed by atoms with E-state index in [2.05, 4.69) is 22.5 Å². The zero-order valence-corrected chi connectivity index (χ0v) is 16.1. The van der Waals surface area contributed by atoms with Gasteiger partial charge < -0.3 is 15.1 Å². The molecule has 2 aliphatic rings. The lowest BCUT2D eigenvalue weighted by atomic mass is 9.98. The molecule has 1 atom stereocenters. The summed E-state index contributed by atoms with van der Waals surface area (Å²) in [5, 5.41) is 6.93. The SMILES string of the molecule is CN=C(NCC(C1CC1)C1CC1)NC(C)c1ccc(C)o1.I. The average molecular weight is 417 g/mol. The first-order valence-electron chi connectivity index (χ1n) is 8.21. The number of furan rings is 1. The van der Waals surface area contributed by atoms with E-state index in [1.54, 1.807) is 0 Å². The van der Waals surface area contributed by atoms with Crippen LogP contribution in [0.15, 0.2) is 21.5 Å². The van der Waals surface area contributed by atoms with E-state index in [4.69, 9.17) is 4.42 Å². The summed E-state index contributed by atoms with van der Waals surface area (Å²) in [7, 11) is 1.83. The zero-order valence-electron chi connectivity index (χ0n) is 13.8. The average Bonchev–Trinajstić information content (AvgIpc) is 3.38. The van der Waals surface area contributed by atoms with Crippen molar-refractivity contribution < 1.29 is 4.42 Å². The number of hydrogen-bond donors (Lipinski definition) is 2. The molecule has 0 aliphatic heterocycles. The molecule has 0 aromatic carbocycles. The lowest BCUT2D eigenvalue weighted by Crippen LogP contribution is -2.41. The van der Waals surface area contributed by atoms with Gasteiger partial charge in [-0.05, 0) is 69.4 Å². The third-order valence-electron chi connectivity index (χ3n) is 4.72. The van der Waals surface area contributed by atoms with Crippen LogP contribution >= 0.6 is 24.0 Å². The number of halogens is 1. The van der Waals surface area contributed by atoms with Crippen LogP contribution in [0.2, 0.25) is 0 Å². The van der Waals surface area contributed by atoms with Gasteiger partial charge in [0.2, 0.25) is 0 Å². The van der Waals surface area contributed by atoms with Crippen molar-refractivity contribution in [1.29, 1.82) is 0 Å². The van der Waals surface area contributed by atoms with Crippen LogP contribution < -0.4 is 10.6 Å². The van der Waals surface area contributed by atoms with Crippen molar-refractivity contribution in [3.63, 3.8) is 0 Å². The third-order valence-corrected chi connectivity index (χ3v) is 4.72. The van der Waals surface area contributed by atoms with Crippen molar-refractivity contribution in [1.82, 2.24) is 10.6 Å². The van der Waals surface area contributed by atoms with Crippen LogP contribution in [0.5, 0.6) is 0 Å². The smallest absolute Gasteiger partial charge is 0.191 e. The van der Waals surface area contributed by atoms with E-state index in [1.807, 2.05) is 26.1 Å². The van der Waals surface area contributed by atoms with Gasteiger partial charge in [0.05, 0.1) is 6.04 Å². The van der Waals surface area contributed by atoms with Crippen molar-refractivity contribution in [2.24, 2.45) is 22.7 Å². The van der Waals surface area contributed by atoms with Gasteiger partial charge in [0.15, 0.2) is 5.96 Å². The fraction of sp³-hybridized carbons (Fsp3) is 0.706. The molecule has 2 saturated carbocycles. The molecule has 124 valence electrons. The second-order valence-corrected chi connectivity index (χ2v) is 6.61. The summed E-state index contributed by atoms with van der Waals surface area (Å²) in [5.41, 5.74) is 0. The normalized spacial score (nSPS) is 19.7. The fourth-order valence-electron chi connectivity index (χ4n) is 3.14. The summed E-state index contributed by atoms with van der Waals surface area (Å²) < 4.78 is 5.67. The number of aryl methyl sites for hydroxylation is 1. The highest BCUT2D eigenvalue weighted by molar-refractivity contribution is 14.0. The molecule has 2 aliphatic carbocycles. The van der Waals surface area contributed by atoms with Crippen molar-refractivity contribution >= 4 is 29.9 Å². The second-order valence-electron chi connectivity index (χ2n) is 6.61. The molecule has 0 radical (unpaired) electrons. The Bertz CT molecular complexity index is 494. The van der Waals surface area contributed by atoms with Gasteiger partial charge in [-0.15, -0.1) is 24.0 Å². The van der Waals surface area contributed by atoms with Gasteiger partial charge in [0.25, 0.3) is 0 Å². The van der Waals surface area contributed by atoms with Crippen molar-refractivity contribution in [3.8, 4) is 0 Å². The van der Waals surface area contributed by atoms with Crippen LogP contribution in [-0.2, 0) is 0 Å². The molecular formula is C17H28IN3O. The Kier molecular flexibility index (Phi) is 6.17. The molecule has 1 heterocycles. The van der Waals surface area contributed by atoms with E-state index in [0.717, 1.165) is 41.8 Å². The maximum Gasteiger partial charge on any atom is 0.191 e. The lowest BCUT2D eigenvalue weighted by Gasteiger charge is -2.20. The summed E-state index contributed by atoms with van der Waals surface area (Å²) in [6, 6.07) is 4.16. The largest absolute Gasteiger partial charge is 0.464 e. The van der Waals surface area contributed by atoms with Crippen LogP contribution in [-0.4, -0.2) is 19.6 Å². The number of hydrogen-bond acceptors (Lipinski definition) is 2. The first-order valence-corrected chi connectivity index (χ1v) is 8.21. The van der Waals surface area contributed by atoms with Crippen molar-refractivity contribution in [2.75, 3.05) is 13.6 Å². The molecule has 0 bridgehead atoms. The predicted octanol–water partition coefficient (Wildman–Crippen LogP) is 3.87. The van der Waals surface area contributed by atoms with Crippen LogP contribution in [0.25, 0.3) is 0 Å². The van der Waals surface area contributed by atoms with Gasteiger partial charge in [-0.1, -0.05) is 0 Å². The van der Waals surface area contributed by atoms with Gasteiger partial charge >= 0.3 is 0 Å². The summed E-state index contributed by atoms with van der Waals surface area (Å²) in [4.78, 5) is 4.34. The Morgan fingerprint density at radius 2 is 1.91 bits per heavy atom. The Labute approximate surface area is 150 Å². The predicted molar refractivity (Wildman–Crippen MR) is 101 cm³/mol. The van der Waals surface area contributed by atoms with Gasteiger partial charge in [0, 0.05) is 13.6 Å². The molecule has 0 saturated heterocycles. The van der Waals surface area contributed by atoms with E-state index in [-0.39, 0.29) is 30.0 Å². The Hall–Kier alpha value is -0.720. The summed E-state index contributed by atoms with van der Waals surface area (Å²) >= 11 is 0. The third kappa shape index (κ3) is 4.64. The lowest BCUT2D eigenvalue weighted by molar-refractivity contribution is 0.397. The van der Waals surface area contributed by atoms with Gasteiger partial charge in [0.1, 0.15) is 11.5 Å². The quantitative estimate of drug-likeness (QED) is 0.420. The van der Waals surface area contributed by atoms with Crippen LogP contribution in [0.4, 0.5) is 0 Å². The van der Waals surface area contributed by atoms with E-state index in [9.17, 15) is 0 Å².